The van der Waals surface area contributed by atoms with Crippen LogP contribution in [0, 0.1) is 6.92 Å². The van der Waals surface area contributed by atoms with Gasteiger partial charge in [0.2, 0.25) is 10.0 Å². The van der Waals surface area contributed by atoms with E-state index in [9.17, 15) is 18.3 Å². The Hall–Kier alpha value is -2.25. The van der Waals surface area contributed by atoms with Crippen LogP contribution in [0.4, 0.5) is 0 Å². The Bertz CT molecular complexity index is 905. The second-order valence-electron chi connectivity index (χ2n) is 5.38. The number of pyridine rings is 1. The summed E-state index contributed by atoms with van der Waals surface area (Å²) in [6.07, 6.45) is 5.10. The van der Waals surface area contributed by atoms with Gasteiger partial charge in [-0.2, -0.15) is 4.31 Å². The molecule has 1 aliphatic heterocycles. The third-order valence-corrected chi connectivity index (χ3v) is 5.93. The number of nitrogens with zero attached hydrogens (tertiary/aromatic N) is 2. The first-order chi connectivity index (χ1) is 10.9. The molecule has 0 fully saturated rings. The molecule has 2 heterocycles. The zero-order valence-corrected chi connectivity index (χ0v) is 13.3. The molecule has 0 aliphatic carbocycles. The zero-order chi connectivity index (χ0) is 16.6. The van der Waals surface area contributed by atoms with Crippen LogP contribution in [0.5, 0.6) is 0 Å². The molecule has 120 valence electrons. The number of hydrogen-bond acceptors (Lipinski definition) is 4. The highest BCUT2D eigenvalue weighted by atomic mass is 32.2. The summed E-state index contributed by atoms with van der Waals surface area (Å²) >= 11 is 0. The summed E-state index contributed by atoms with van der Waals surface area (Å²) in [5.41, 5.74) is 0.730. The van der Waals surface area contributed by atoms with Gasteiger partial charge in [-0.05, 0) is 25.5 Å². The minimum atomic E-state index is -3.93. The largest absolute Gasteiger partial charge is 0.480 e. The van der Waals surface area contributed by atoms with E-state index in [0.29, 0.717) is 5.39 Å². The molecule has 0 spiro atoms. The molecule has 7 heteroatoms. The van der Waals surface area contributed by atoms with E-state index in [1.54, 1.807) is 30.5 Å². The number of fused-ring (bicyclic) bond motifs is 1. The van der Waals surface area contributed by atoms with Crippen LogP contribution in [-0.4, -0.2) is 41.4 Å². The summed E-state index contributed by atoms with van der Waals surface area (Å²) in [4.78, 5) is 15.7. The number of rotatable bonds is 3. The first-order valence-corrected chi connectivity index (χ1v) is 8.61. The highest BCUT2D eigenvalue weighted by Gasteiger charge is 2.36. The van der Waals surface area contributed by atoms with Crippen LogP contribution in [0.15, 0.2) is 47.5 Å². The number of aromatic nitrogens is 1. The van der Waals surface area contributed by atoms with Gasteiger partial charge in [0.1, 0.15) is 6.04 Å². The van der Waals surface area contributed by atoms with Gasteiger partial charge in [-0.3, -0.25) is 9.78 Å². The van der Waals surface area contributed by atoms with Gasteiger partial charge >= 0.3 is 5.97 Å². The van der Waals surface area contributed by atoms with E-state index in [1.165, 1.54) is 6.07 Å². The Labute approximate surface area is 134 Å². The number of hydrogen-bond donors (Lipinski definition) is 1. The molecule has 1 aliphatic rings. The van der Waals surface area contributed by atoms with Crippen LogP contribution < -0.4 is 0 Å². The van der Waals surface area contributed by atoms with E-state index in [2.05, 4.69) is 4.98 Å². The van der Waals surface area contributed by atoms with Gasteiger partial charge in [-0.15, -0.1) is 0 Å². The first-order valence-electron chi connectivity index (χ1n) is 7.17. The highest BCUT2D eigenvalue weighted by Crippen LogP contribution is 2.29. The van der Waals surface area contributed by atoms with Gasteiger partial charge in [-0.25, -0.2) is 8.42 Å². The van der Waals surface area contributed by atoms with Crippen molar-refractivity contribution in [1.82, 2.24) is 9.29 Å². The summed E-state index contributed by atoms with van der Waals surface area (Å²) < 4.78 is 27.1. The number of sulfonamides is 1. The lowest BCUT2D eigenvalue weighted by atomic mass is 10.1. The minimum Gasteiger partial charge on any atom is -0.480 e. The fourth-order valence-electron chi connectivity index (χ4n) is 2.81. The predicted octanol–water partition coefficient (Wildman–Crippen LogP) is 1.95. The molecule has 0 bridgehead atoms. The van der Waals surface area contributed by atoms with E-state index in [1.807, 2.05) is 13.0 Å². The van der Waals surface area contributed by atoms with Crippen molar-refractivity contribution in [2.45, 2.75) is 24.3 Å². The molecule has 1 unspecified atom stereocenters. The molecule has 1 N–H and O–H groups in total. The monoisotopic (exact) mass is 332 g/mol. The van der Waals surface area contributed by atoms with E-state index in [-0.39, 0.29) is 17.9 Å². The molecule has 6 nitrogen and oxygen atoms in total. The maximum Gasteiger partial charge on any atom is 0.322 e. The van der Waals surface area contributed by atoms with Crippen molar-refractivity contribution in [3.8, 4) is 0 Å². The summed E-state index contributed by atoms with van der Waals surface area (Å²) in [5.74, 6) is -1.14. The maximum atomic E-state index is 13.0. The molecule has 0 saturated carbocycles. The van der Waals surface area contributed by atoms with Gasteiger partial charge in [0, 0.05) is 29.2 Å². The summed E-state index contributed by atoms with van der Waals surface area (Å²) in [7, 11) is -3.93. The fourth-order valence-corrected chi connectivity index (χ4v) is 4.57. The molecule has 23 heavy (non-hydrogen) atoms. The van der Waals surface area contributed by atoms with Crippen molar-refractivity contribution in [1.29, 1.82) is 0 Å². The minimum absolute atomic E-state index is 0.0553. The van der Waals surface area contributed by atoms with Gasteiger partial charge in [0.05, 0.1) is 4.90 Å². The molecule has 0 amide bonds. The van der Waals surface area contributed by atoms with Crippen molar-refractivity contribution in [3.63, 3.8) is 0 Å². The summed E-state index contributed by atoms with van der Waals surface area (Å²) in [6.45, 7) is 1.86. The highest BCUT2D eigenvalue weighted by molar-refractivity contribution is 7.89. The molecule has 0 saturated heterocycles. The number of carboxylic acid groups (broad SMARTS) is 1. The fraction of sp³-hybridized carbons (Fsp3) is 0.250. The van der Waals surface area contributed by atoms with Crippen LogP contribution in [0.1, 0.15) is 12.1 Å². The second-order valence-corrected chi connectivity index (χ2v) is 7.24. The average Bonchev–Trinajstić information content (AvgIpc) is 2.54. The Kier molecular flexibility index (Phi) is 3.91. The third kappa shape index (κ3) is 2.62. The molecular weight excluding hydrogens is 316 g/mol. The van der Waals surface area contributed by atoms with Gasteiger partial charge in [-0.1, -0.05) is 24.3 Å². The van der Waals surface area contributed by atoms with Crippen LogP contribution in [0.25, 0.3) is 10.8 Å². The quantitative estimate of drug-likeness (QED) is 0.868. The first kappa shape index (κ1) is 15.6. The van der Waals surface area contributed by atoms with E-state index in [4.69, 9.17) is 0 Å². The molecule has 0 radical (unpaired) electrons. The Morgan fingerprint density at radius 1 is 1.26 bits per heavy atom. The van der Waals surface area contributed by atoms with E-state index < -0.39 is 22.0 Å². The Balaban J connectivity index is 2.19. The lowest BCUT2D eigenvalue weighted by Crippen LogP contribution is -2.46. The second kappa shape index (κ2) is 5.75. The lowest BCUT2D eigenvalue weighted by molar-refractivity contribution is -0.141. The number of aliphatic carboxylic acids is 1. The van der Waals surface area contributed by atoms with Crippen molar-refractivity contribution in [2.24, 2.45) is 0 Å². The van der Waals surface area contributed by atoms with Crippen molar-refractivity contribution in [2.75, 3.05) is 6.54 Å². The maximum absolute atomic E-state index is 13.0. The summed E-state index contributed by atoms with van der Waals surface area (Å²) in [6, 6.07) is 5.53. The van der Waals surface area contributed by atoms with Gasteiger partial charge < -0.3 is 5.11 Å². The molecule has 3 rings (SSSR count). The number of aryl methyl sites for hydroxylation is 1. The van der Waals surface area contributed by atoms with Gasteiger partial charge in [0.25, 0.3) is 0 Å². The standard InChI is InChI=1S/C16H16N2O4S/c1-11-12-5-4-7-15(13(12)8-9-17-11)23(21,22)18-10-3-2-6-14(18)16(19)20/h2-5,7-9,14H,6,10H2,1H3,(H,19,20). The molecule has 2 aromatic rings. The zero-order valence-electron chi connectivity index (χ0n) is 12.5. The smallest absolute Gasteiger partial charge is 0.322 e. The van der Waals surface area contributed by atoms with Gasteiger partial charge in [0.15, 0.2) is 0 Å². The topological polar surface area (TPSA) is 87.6 Å². The van der Waals surface area contributed by atoms with Crippen LogP contribution in [0.3, 0.4) is 0 Å². The predicted molar refractivity (Wildman–Crippen MR) is 85.6 cm³/mol. The van der Waals surface area contributed by atoms with Crippen LogP contribution in [0.2, 0.25) is 0 Å². The molecule has 1 aromatic heterocycles. The average molecular weight is 332 g/mol. The molecule has 1 atom stereocenters. The normalized spacial score (nSPS) is 19.1. The molecule has 1 aromatic carbocycles. The lowest BCUT2D eigenvalue weighted by Gasteiger charge is -2.29. The SMILES string of the molecule is Cc1nccc2c(S(=O)(=O)N3CC=CCC3C(=O)O)cccc12. The van der Waals surface area contributed by atoms with Crippen LogP contribution >= 0.6 is 0 Å². The Morgan fingerprint density at radius 3 is 2.78 bits per heavy atom. The van der Waals surface area contributed by atoms with Crippen molar-refractivity contribution < 1.29 is 18.3 Å². The molecular formula is C16H16N2O4S. The number of benzene rings is 1. The number of carbonyl (C=O) groups is 1. The Morgan fingerprint density at radius 2 is 2.04 bits per heavy atom. The van der Waals surface area contributed by atoms with E-state index in [0.717, 1.165) is 15.4 Å². The summed E-state index contributed by atoms with van der Waals surface area (Å²) in [5, 5.41) is 10.6. The van der Waals surface area contributed by atoms with Crippen molar-refractivity contribution >= 4 is 26.8 Å². The van der Waals surface area contributed by atoms with Crippen molar-refractivity contribution in [3.05, 3.63) is 48.3 Å². The number of carboxylic acids is 1. The van der Waals surface area contributed by atoms with E-state index >= 15 is 0 Å². The van der Waals surface area contributed by atoms with Crippen LogP contribution in [-0.2, 0) is 14.8 Å². The third-order valence-electron chi connectivity index (χ3n) is 4.00.